The number of amides is 1. The lowest BCUT2D eigenvalue weighted by atomic mass is 10.1. The molecule has 0 atom stereocenters. The van der Waals surface area contributed by atoms with Crippen molar-refractivity contribution in [2.45, 2.75) is 18.9 Å². The first kappa shape index (κ1) is 15.3. The van der Waals surface area contributed by atoms with E-state index in [0.29, 0.717) is 31.8 Å². The van der Waals surface area contributed by atoms with E-state index in [-0.39, 0.29) is 25.1 Å². The van der Waals surface area contributed by atoms with Crippen molar-refractivity contribution >= 4 is 11.9 Å². The molecule has 2 rings (SSSR count). The lowest BCUT2D eigenvalue weighted by Gasteiger charge is -2.33. The van der Waals surface area contributed by atoms with Crippen molar-refractivity contribution in [2.24, 2.45) is 0 Å². The molecule has 1 aromatic carbocycles. The summed E-state index contributed by atoms with van der Waals surface area (Å²) in [5.41, 5.74) is 0. The van der Waals surface area contributed by atoms with Gasteiger partial charge in [-0.05, 0) is 25.0 Å². The first-order valence-corrected chi connectivity index (χ1v) is 6.93. The zero-order valence-electron chi connectivity index (χ0n) is 11.7. The molecule has 1 saturated heterocycles. The molecule has 0 saturated carbocycles. The highest BCUT2D eigenvalue weighted by atomic mass is 16.5. The van der Waals surface area contributed by atoms with E-state index in [1.165, 1.54) is 4.90 Å². The smallest absolute Gasteiger partial charge is 0.323 e. The van der Waals surface area contributed by atoms with Crippen LogP contribution in [0, 0.1) is 0 Å². The Labute approximate surface area is 123 Å². The minimum Gasteiger partial charge on any atom is -0.484 e. The number of carbonyl (C=O) groups excluding carboxylic acids is 1. The number of hydrogen-bond acceptors (Lipinski definition) is 4. The van der Waals surface area contributed by atoms with Gasteiger partial charge in [-0.3, -0.25) is 9.59 Å². The van der Waals surface area contributed by atoms with E-state index >= 15 is 0 Å². The SMILES string of the molecule is O=C(O)CN(C(=O)COc1ccccc1)C1CCOCC1. The lowest BCUT2D eigenvalue weighted by Crippen LogP contribution is -2.47. The number of para-hydroxylation sites is 1. The van der Waals surface area contributed by atoms with Crippen LogP contribution in [0.5, 0.6) is 5.75 Å². The molecule has 1 fully saturated rings. The highest BCUT2D eigenvalue weighted by Crippen LogP contribution is 2.15. The van der Waals surface area contributed by atoms with Crippen molar-refractivity contribution in [3.63, 3.8) is 0 Å². The molecule has 0 unspecified atom stereocenters. The summed E-state index contributed by atoms with van der Waals surface area (Å²) >= 11 is 0. The third kappa shape index (κ3) is 4.75. The monoisotopic (exact) mass is 293 g/mol. The Hall–Kier alpha value is -2.08. The van der Waals surface area contributed by atoms with Crippen LogP contribution in [0.15, 0.2) is 30.3 Å². The molecule has 6 heteroatoms. The second kappa shape index (κ2) is 7.64. The highest BCUT2D eigenvalue weighted by Gasteiger charge is 2.27. The van der Waals surface area contributed by atoms with Crippen LogP contribution in [0.4, 0.5) is 0 Å². The van der Waals surface area contributed by atoms with Gasteiger partial charge in [-0.1, -0.05) is 18.2 Å². The van der Waals surface area contributed by atoms with Gasteiger partial charge >= 0.3 is 5.97 Å². The number of hydrogen-bond donors (Lipinski definition) is 1. The van der Waals surface area contributed by atoms with Gasteiger partial charge in [-0.15, -0.1) is 0 Å². The summed E-state index contributed by atoms with van der Waals surface area (Å²) in [5, 5.41) is 8.98. The van der Waals surface area contributed by atoms with E-state index in [9.17, 15) is 9.59 Å². The molecule has 1 N–H and O–H groups in total. The molecule has 0 radical (unpaired) electrons. The van der Waals surface area contributed by atoms with E-state index in [1.807, 2.05) is 18.2 Å². The molecular formula is C15H19NO5. The highest BCUT2D eigenvalue weighted by molar-refractivity contribution is 5.82. The van der Waals surface area contributed by atoms with Crippen molar-refractivity contribution in [3.8, 4) is 5.75 Å². The van der Waals surface area contributed by atoms with Crippen molar-refractivity contribution < 1.29 is 24.2 Å². The largest absolute Gasteiger partial charge is 0.484 e. The summed E-state index contributed by atoms with van der Waals surface area (Å²) in [4.78, 5) is 24.6. The van der Waals surface area contributed by atoms with E-state index in [1.54, 1.807) is 12.1 Å². The minimum absolute atomic E-state index is 0.0956. The molecule has 1 aliphatic heterocycles. The predicted octanol–water partition coefficient (Wildman–Crippen LogP) is 1.16. The number of carboxylic acid groups (broad SMARTS) is 1. The molecule has 0 bridgehead atoms. The quantitative estimate of drug-likeness (QED) is 0.851. The van der Waals surface area contributed by atoms with Gasteiger partial charge in [0.05, 0.1) is 0 Å². The van der Waals surface area contributed by atoms with E-state index in [4.69, 9.17) is 14.6 Å². The first-order valence-electron chi connectivity index (χ1n) is 6.93. The first-order chi connectivity index (χ1) is 10.2. The summed E-state index contributed by atoms with van der Waals surface area (Å²) in [6, 6.07) is 8.89. The lowest BCUT2D eigenvalue weighted by molar-refractivity contribution is -0.148. The average Bonchev–Trinajstić information content (AvgIpc) is 2.52. The minimum atomic E-state index is -1.02. The maximum Gasteiger partial charge on any atom is 0.323 e. The van der Waals surface area contributed by atoms with Crippen LogP contribution in [-0.2, 0) is 14.3 Å². The zero-order chi connectivity index (χ0) is 15.1. The van der Waals surface area contributed by atoms with Gasteiger partial charge in [0, 0.05) is 19.3 Å². The van der Waals surface area contributed by atoms with Gasteiger partial charge in [-0.25, -0.2) is 0 Å². The Morgan fingerprint density at radius 1 is 1.24 bits per heavy atom. The fraction of sp³-hybridized carbons (Fsp3) is 0.467. The fourth-order valence-electron chi connectivity index (χ4n) is 2.31. The van der Waals surface area contributed by atoms with Gasteiger partial charge < -0.3 is 19.5 Å². The number of benzene rings is 1. The molecule has 21 heavy (non-hydrogen) atoms. The van der Waals surface area contributed by atoms with Crippen molar-refractivity contribution in [1.29, 1.82) is 0 Å². The number of aliphatic carboxylic acids is 1. The second-order valence-corrected chi connectivity index (χ2v) is 4.86. The second-order valence-electron chi connectivity index (χ2n) is 4.86. The van der Waals surface area contributed by atoms with Gasteiger partial charge in [0.2, 0.25) is 0 Å². The Morgan fingerprint density at radius 2 is 1.90 bits per heavy atom. The van der Waals surface area contributed by atoms with Crippen molar-refractivity contribution in [2.75, 3.05) is 26.4 Å². The van der Waals surface area contributed by atoms with Crippen LogP contribution in [0.3, 0.4) is 0 Å². The molecule has 6 nitrogen and oxygen atoms in total. The van der Waals surface area contributed by atoms with E-state index in [2.05, 4.69) is 0 Å². The fourth-order valence-corrected chi connectivity index (χ4v) is 2.31. The van der Waals surface area contributed by atoms with Crippen LogP contribution >= 0.6 is 0 Å². The molecule has 0 aliphatic carbocycles. The molecular weight excluding hydrogens is 274 g/mol. The van der Waals surface area contributed by atoms with Crippen molar-refractivity contribution in [1.82, 2.24) is 4.90 Å². The molecule has 0 aromatic heterocycles. The summed E-state index contributed by atoms with van der Waals surface area (Å²) in [7, 11) is 0. The Kier molecular flexibility index (Phi) is 5.57. The van der Waals surface area contributed by atoms with E-state index in [0.717, 1.165) is 0 Å². The Morgan fingerprint density at radius 3 is 2.52 bits per heavy atom. The maximum absolute atomic E-state index is 12.2. The summed E-state index contributed by atoms with van der Waals surface area (Å²) in [5.74, 6) is -0.740. The Bertz CT molecular complexity index is 470. The maximum atomic E-state index is 12.2. The molecule has 1 heterocycles. The third-order valence-corrected chi connectivity index (χ3v) is 3.36. The van der Waals surface area contributed by atoms with Crippen LogP contribution < -0.4 is 4.74 Å². The predicted molar refractivity (Wildman–Crippen MR) is 75.1 cm³/mol. The number of rotatable bonds is 6. The molecule has 114 valence electrons. The zero-order valence-corrected chi connectivity index (χ0v) is 11.7. The summed E-state index contributed by atoms with van der Waals surface area (Å²) in [6.45, 7) is 0.636. The summed E-state index contributed by atoms with van der Waals surface area (Å²) in [6.07, 6.45) is 1.31. The number of ether oxygens (including phenoxy) is 2. The topological polar surface area (TPSA) is 76.1 Å². The van der Waals surface area contributed by atoms with Crippen molar-refractivity contribution in [3.05, 3.63) is 30.3 Å². The normalized spacial score (nSPS) is 15.4. The molecule has 1 aromatic rings. The average molecular weight is 293 g/mol. The van der Waals surface area contributed by atoms with Gasteiger partial charge in [-0.2, -0.15) is 0 Å². The molecule has 1 amide bonds. The van der Waals surface area contributed by atoms with Gasteiger partial charge in [0.15, 0.2) is 6.61 Å². The number of nitrogens with zero attached hydrogens (tertiary/aromatic N) is 1. The summed E-state index contributed by atoms with van der Waals surface area (Å²) < 4.78 is 10.7. The van der Waals surface area contributed by atoms with Gasteiger partial charge in [0.25, 0.3) is 5.91 Å². The standard InChI is InChI=1S/C15H19NO5/c17-14(11-21-13-4-2-1-3-5-13)16(10-15(18)19)12-6-8-20-9-7-12/h1-5,12H,6-11H2,(H,18,19). The third-order valence-electron chi connectivity index (χ3n) is 3.36. The molecule has 1 aliphatic rings. The van der Waals surface area contributed by atoms with E-state index < -0.39 is 5.97 Å². The Balaban J connectivity index is 1.94. The van der Waals surface area contributed by atoms with Crippen LogP contribution in [0.2, 0.25) is 0 Å². The number of carboxylic acids is 1. The van der Waals surface area contributed by atoms with Crippen LogP contribution in [-0.4, -0.2) is 54.3 Å². The molecule has 0 spiro atoms. The van der Waals surface area contributed by atoms with Gasteiger partial charge in [0.1, 0.15) is 12.3 Å². The van der Waals surface area contributed by atoms with Crippen LogP contribution in [0.1, 0.15) is 12.8 Å². The number of carbonyl (C=O) groups is 2. The van der Waals surface area contributed by atoms with Crippen LogP contribution in [0.25, 0.3) is 0 Å².